The molecule has 3 rings (SSSR count). The first-order valence-corrected chi connectivity index (χ1v) is 6.83. The number of carbonyl (C=O) groups is 1. The highest BCUT2D eigenvalue weighted by Gasteiger charge is 2.52. The second-order valence-corrected chi connectivity index (χ2v) is 5.28. The van der Waals surface area contributed by atoms with Crippen LogP contribution in [-0.2, 0) is 11.3 Å². The maximum Gasteiger partial charge on any atom is 0.224 e. The number of allylic oxidation sites excluding steroid dienone is 2. The monoisotopic (exact) mass is 245 g/mol. The average molecular weight is 245 g/mol. The SMILES string of the molecule is O=C(NCc1ccco1)C1C2C=CCCCCC21. The fourth-order valence-corrected chi connectivity index (χ4v) is 3.00. The molecule has 1 aromatic rings. The van der Waals surface area contributed by atoms with Crippen LogP contribution in [0.3, 0.4) is 0 Å². The molecule has 0 aliphatic heterocycles. The van der Waals surface area contributed by atoms with Crippen LogP contribution in [0, 0.1) is 17.8 Å². The third-order valence-electron chi connectivity index (χ3n) is 4.07. The Morgan fingerprint density at radius 1 is 1.44 bits per heavy atom. The zero-order valence-electron chi connectivity index (χ0n) is 10.5. The van der Waals surface area contributed by atoms with E-state index in [9.17, 15) is 4.79 Å². The number of hydrogen-bond donors (Lipinski definition) is 1. The molecular weight excluding hydrogens is 226 g/mol. The normalized spacial score (nSPS) is 30.1. The molecule has 2 aliphatic carbocycles. The van der Waals surface area contributed by atoms with Gasteiger partial charge in [-0.1, -0.05) is 18.6 Å². The lowest BCUT2D eigenvalue weighted by atomic mass is 10.1. The fraction of sp³-hybridized carbons (Fsp3) is 0.533. The van der Waals surface area contributed by atoms with Crippen molar-refractivity contribution < 1.29 is 9.21 Å². The number of hydrogen-bond acceptors (Lipinski definition) is 2. The molecule has 3 nitrogen and oxygen atoms in total. The van der Waals surface area contributed by atoms with Gasteiger partial charge in [0, 0.05) is 5.92 Å². The van der Waals surface area contributed by atoms with Crippen LogP contribution in [0.2, 0.25) is 0 Å². The second-order valence-electron chi connectivity index (χ2n) is 5.28. The second kappa shape index (κ2) is 5.01. The summed E-state index contributed by atoms with van der Waals surface area (Å²) in [7, 11) is 0. The lowest BCUT2D eigenvalue weighted by Gasteiger charge is -2.02. The van der Waals surface area contributed by atoms with E-state index in [1.54, 1.807) is 6.26 Å². The number of fused-ring (bicyclic) bond motifs is 1. The van der Waals surface area contributed by atoms with Gasteiger partial charge in [-0.25, -0.2) is 0 Å². The van der Waals surface area contributed by atoms with E-state index in [2.05, 4.69) is 17.5 Å². The van der Waals surface area contributed by atoms with Gasteiger partial charge in [-0.3, -0.25) is 4.79 Å². The van der Waals surface area contributed by atoms with Crippen molar-refractivity contribution in [3.05, 3.63) is 36.3 Å². The summed E-state index contributed by atoms with van der Waals surface area (Å²) in [6, 6.07) is 3.73. The molecule has 2 aliphatic rings. The summed E-state index contributed by atoms with van der Waals surface area (Å²) < 4.78 is 5.21. The summed E-state index contributed by atoms with van der Waals surface area (Å²) in [6.07, 6.45) is 11.0. The average Bonchev–Trinajstić information content (AvgIpc) is 2.79. The Labute approximate surface area is 107 Å². The van der Waals surface area contributed by atoms with Gasteiger partial charge in [-0.05, 0) is 43.2 Å². The predicted molar refractivity (Wildman–Crippen MR) is 68.6 cm³/mol. The predicted octanol–water partition coefficient (Wildman–Crippen LogP) is 2.89. The van der Waals surface area contributed by atoms with Crippen LogP contribution in [0.25, 0.3) is 0 Å². The highest BCUT2D eigenvalue weighted by molar-refractivity contribution is 5.82. The summed E-state index contributed by atoms with van der Waals surface area (Å²) in [5, 5.41) is 2.98. The minimum Gasteiger partial charge on any atom is -0.467 e. The quantitative estimate of drug-likeness (QED) is 0.832. The fourth-order valence-electron chi connectivity index (χ4n) is 3.00. The molecule has 96 valence electrons. The van der Waals surface area contributed by atoms with Crippen molar-refractivity contribution >= 4 is 5.91 Å². The molecular formula is C15H19NO2. The summed E-state index contributed by atoms with van der Waals surface area (Å²) >= 11 is 0. The number of nitrogens with one attached hydrogen (secondary N) is 1. The summed E-state index contributed by atoms with van der Waals surface area (Å²) in [6.45, 7) is 0.505. The standard InChI is InChI=1S/C15H19NO2/c17-15(16-10-11-6-5-9-18-11)14-12-7-3-1-2-4-8-13(12)14/h3,5-7,9,12-14H,1-2,4,8,10H2,(H,16,17). The van der Waals surface area contributed by atoms with Gasteiger partial charge in [-0.15, -0.1) is 0 Å². The Morgan fingerprint density at radius 2 is 2.39 bits per heavy atom. The van der Waals surface area contributed by atoms with E-state index in [1.165, 1.54) is 25.7 Å². The number of furan rings is 1. The Kier molecular flexibility index (Phi) is 3.22. The van der Waals surface area contributed by atoms with Gasteiger partial charge in [0.2, 0.25) is 5.91 Å². The van der Waals surface area contributed by atoms with Crippen LogP contribution < -0.4 is 5.32 Å². The first-order valence-electron chi connectivity index (χ1n) is 6.83. The van der Waals surface area contributed by atoms with E-state index >= 15 is 0 Å². The molecule has 1 fully saturated rings. The third-order valence-corrected chi connectivity index (χ3v) is 4.07. The molecule has 0 radical (unpaired) electrons. The first kappa shape index (κ1) is 11.6. The van der Waals surface area contributed by atoms with Gasteiger partial charge in [-0.2, -0.15) is 0 Å². The smallest absolute Gasteiger partial charge is 0.224 e. The summed E-state index contributed by atoms with van der Waals surface area (Å²) in [5.74, 6) is 2.28. The van der Waals surface area contributed by atoms with E-state index in [0.29, 0.717) is 18.4 Å². The molecule has 1 aromatic heterocycles. The van der Waals surface area contributed by atoms with Crippen molar-refractivity contribution in [3.63, 3.8) is 0 Å². The molecule has 0 saturated heterocycles. The number of amides is 1. The van der Waals surface area contributed by atoms with Crippen LogP contribution in [0.4, 0.5) is 0 Å². The van der Waals surface area contributed by atoms with Crippen LogP contribution in [-0.4, -0.2) is 5.91 Å². The molecule has 0 spiro atoms. The minimum atomic E-state index is 0.188. The van der Waals surface area contributed by atoms with E-state index in [0.717, 1.165) is 5.76 Å². The van der Waals surface area contributed by atoms with E-state index in [-0.39, 0.29) is 11.8 Å². The van der Waals surface area contributed by atoms with Gasteiger partial charge in [0.25, 0.3) is 0 Å². The zero-order chi connectivity index (χ0) is 12.4. The molecule has 1 saturated carbocycles. The molecule has 1 N–H and O–H groups in total. The van der Waals surface area contributed by atoms with Crippen molar-refractivity contribution in [2.75, 3.05) is 0 Å². The molecule has 18 heavy (non-hydrogen) atoms. The van der Waals surface area contributed by atoms with E-state index < -0.39 is 0 Å². The summed E-state index contributed by atoms with van der Waals surface area (Å²) in [4.78, 5) is 12.1. The molecule has 1 heterocycles. The van der Waals surface area contributed by atoms with Gasteiger partial charge in [0.1, 0.15) is 5.76 Å². The highest BCUT2D eigenvalue weighted by atomic mass is 16.3. The van der Waals surface area contributed by atoms with Crippen molar-refractivity contribution in [1.82, 2.24) is 5.32 Å². The minimum absolute atomic E-state index is 0.188. The van der Waals surface area contributed by atoms with Gasteiger partial charge >= 0.3 is 0 Å². The van der Waals surface area contributed by atoms with Crippen molar-refractivity contribution in [2.24, 2.45) is 17.8 Å². The first-order chi connectivity index (χ1) is 8.86. The maximum atomic E-state index is 12.1. The van der Waals surface area contributed by atoms with E-state index in [4.69, 9.17) is 4.42 Å². The molecule has 0 bridgehead atoms. The molecule has 3 unspecified atom stereocenters. The maximum absolute atomic E-state index is 12.1. The molecule has 3 heteroatoms. The van der Waals surface area contributed by atoms with Crippen LogP contribution in [0.1, 0.15) is 31.4 Å². The lowest BCUT2D eigenvalue weighted by Crippen LogP contribution is -2.25. The number of rotatable bonds is 3. The molecule has 1 amide bonds. The largest absolute Gasteiger partial charge is 0.467 e. The van der Waals surface area contributed by atoms with Gasteiger partial charge < -0.3 is 9.73 Å². The van der Waals surface area contributed by atoms with Crippen molar-refractivity contribution in [2.45, 2.75) is 32.2 Å². The Balaban J connectivity index is 1.54. The Hall–Kier alpha value is -1.51. The summed E-state index contributed by atoms with van der Waals surface area (Å²) in [5.41, 5.74) is 0. The highest BCUT2D eigenvalue weighted by Crippen LogP contribution is 2.51. The zero-order valence-corrected chi connectivity index (χ0v) is 10.5. The van der Waals surface area contributed by atoms with Crippen molar-refractivity contribution in [3.8, 4) is 0 Å². The van der Waals surface area contributed by atoms with Crippen molar-refractivity contribution in [1.29, 1.82) is 0 Å². The van der Waals surface area contributed by atoms with Crippen LogP contribution in [0.15, 0.2) is 35.0 Å². The van der Waals surface area contributed by atoms with Crippen LogP contribution >= 0.6 is 0 Å². The Bertz CT molecular complexity index is 435. The molecule has 0 aromatic carbocycles. The van der Waals surface area contributed by atoms with Gasteiger partial charge in [0.05, 0.1) is 12.8 Å². The molecule has 3 atom stereocenters. The van der Waals surface area contributed by atoms with Gasteiger partial charge in [0.15, 0.2) is 0 Å². The number of carbonyl (C=O) groups excluding carboxylic acids is 1. The van der Waals surface area contributed by atoms with E-state index in [1.807, 2.05) is 12.1 Å². The topological polar surface area (TPSA) is 42.2 Å². The lowest BCUT2D eigenvalue weighted by molar-refractivity contribution is -0.123. The third kappa shape index (κ3) is 2.35. The van der Waals surface area contributed by atoms with Crippen LogP contribution in [0.5, 0.6) is 0 Å². The Morgan fingerprint density at radius 3 is 3.22 bits per heavy atom.